The summed E-state index contributed by atoms with van der Waals surface area (Å²) in [5.41, 5.74) is 1.21. The number of halogens is 1. The predicted molar refractivity (Wildman–Crippen MR) is 50.1 cm³/mol. The van der Waals surface area contributed by atoms with E-state index in [0.29, 0.717) is 10.6 Å². The zero-order chi connectivity index (χ0) is 8.27. The lowest BCUT2D eigenvalue weighted by atomic mass is 10.1. The first kappa shape index (κ1) is 8.60. The van der Waals surface area contributed by atoms with Crippen molar-refractivity contribution >= 4 is 15.9 Å². The van der Waals surface area contributed by atoms with Crippen LogP contribution in [0.2, 0.25) is 0 Å². The SMILES string of the molecule is CCC(Br)c1ccc(O)cc1. The molecular formula is C9H11BrO. The van der Waals surface area contributed by atoms with Crippen molar-refractivity contribution in [3.8, 4) is 5.75 Å². The number of phenolic OH excluding ortho intramolecular Hbond substituents is 1. The van der Waals surface area contributed by atoms with Crippen LogP contribution >= 0.6 is 15.9 Å². The Morgan fingerprint density at radius 2 is 1.91 bits per heavy atom. The maximum atomic E-state index is 9.00. The zero-order valence-electron chi connectivity index (χ0n) is 6.42. The van der Waals surface area contributed by atoms with Crippen LogP contribution in [-0.2, 0) is 0 Å². The van der Waals surface area contributed by atoms with Gasteiger partial charge in [0.15, 0.2) is 0 Å². The third-order valence-electron chi connectivity index (χ3n) is 1.61. The Morgan fingerprint density at radius 3 is 2.36 bits per heavy atom. The third-order valence-corrected chi connectivity index (χ3v) is 2.79. The second-order valence-corrected chi connectivity index (χ2v) is 3.57. The molecular weight excluding hydrogens is 204 g/mol. The number of alkyl halides is 1. The maximum Gasteiger partial charge on any atom is 0.115 e. The van der Waals surface area contributed by atoms with Crippen LogP contribution in [0, 0.1) is 0 Å². The molecule has 11 heavy (non-hydrogen) atoms. The quantitative estimate of drug-likeness (QED) is 0.750. The van der Waals surface area contributed by atoms with Gasteiger partial charge in [0.25, 0.3) is 0 Å². The molecule has 0 aromatic heterocycles. The number of hydrogen-bond donors (Lipinski definition) is 1. The third kappa shape index (κ3) is 2.22. The molecule has 1 aromatic carbocycles. The summed E-state index contributed by atoms with van der Waals surface area (Å²) in [5.74, 6) is 0.324. The van der Waals surface area contributed by atoms with E-state index < -0.39 is 0 Å². The van der Waals surface area contributed by atoms with Crippen molar-refractivity contribution in [2.45, 2.75) is 18.2 Å². The molecule has 0 heterocycles. The summed E-state index contributed by atoms with van der Waals surface area (Å²) in [6, 6.07) is 7.27. The fourth-order valence-corrected chi connectivity index (χ4v) is 1.22. The normalized spacial score (nSPS) is 12.9. The molecule has 0 fully saturated rings. The highest BCUT2D eigenvalue weighted by molar-refractivity contribution is 9.09. The smallest absolute Gasteiger partial charge is 0.115 e. The van der Waals surface area contributed by atoms with Crippen molar-refractivity contribution in [3.05, 3.63) is 29.8 Å². The molecule has 0 amide bonds. The molecule has 0 spiro atoms. The summed E-state index contributed by atoms with van der Waals surface area (Å²) >= 11 is 3.53. The lowest BCUT2D eigenvalue weighted by Gasteiger charge is -2.05. The van der Waals surface area contributed by atoms with Crippen molar-refractivity contribution in [3.63, 3.8) is 0 Å². The lowest BCUT2D eigenvalue weighted by molar-refractivity contribution is 0.475. The Labute approximate surface area is 75.2 Å². The number of rotatable bonds is 2. The maximum absolute atomic E-state index is 9.00. The van der Waals surface area contributed by atoms with E-state index in [1.54, 1.807) is 12.1 Å². The molecule has 1 N–H and O–H groups in total. The van der Waals surface area contributed by atoms with Gasteiger partial charge in [0.1, 0.15) is 5.75 Å². The average Bonchev–Trinajstić information content (AvgIpc) is 2.05. The molecule has 1 nitrogen and oxygen atoms in total. The molecule has 0 aliphatic heterocycles. The van der Waals surface area contributed by atoms with E-state index in [4.69, 9.17) is 5.11 Å². The highest BCUT2D eigenvalue weighted by Crippen LogP contribution is 2.26. The van der Waals surface area contributed by atoms with E-state index in [2.05, 4.69) is 22.9 Å². The molecule has 1 atom stereocenters. The molecule has 1 rings (SSSR count). The number of hydrogen-bond acceptors (Lipinski definition) is 1. The fourth-order valence-electron chi connectivity index (χ4n) is 0.919. The number of phenols is 1. The van der Waals surface area contributed by atoms with Crippen molar-refractivity contribution in [2.24, 2.45) is 0 Å². The van der Waals surface area contributed by atoms with Crippen molar-refractivity contribution in [1.29, 1.82) is 0 Å². The van der Waals surface area contributed by atoms with E-state index in [0.717, 1.165) is 6.42 Å². The molecule has 0 radical (unpaired) electrons. The summed E-state index contributed by atoms with van der Waals surface area (Å²) in [6.45, 7) is 2.12. The van der Waals surface area contributed by atoms with Crippen molar-refractivity contribution in [1.82, 2.24) is 0 Å². The molecule has 0 aliphatic rings. The van der Waals surface area contributed by atoms with Gasteiger partial charge in [-0.2, -0.15) is 0 Å². The molecule has 0 aliphatic carbocycles. The first-order chi connectivity index (χ1) is 5.24. The van der Waals surface area contributed by atoms with Crippen LogP contribution in [0.5, 0.6) is 5.75 Å². The van der Waals surface area contributed by atoms with Crippen LogP contribution < -0.4 is 0 Å². The standard InChI is InChI=1S/C9H11BrO/c1-2-9(10)7-3-5-8(11)6-4-7/h3-6,9,11H,2H2,1H3. The van der Waals surface area contributed by atoms with E-state index in [1.807, 2.05) is 12.1 Å². The van der Waals surface area contributed by atoms with Gasteiger partial charge >= 0.3 is 0 Å². The number of aromatic hydroxyl groups is 1. The number of benzene rings is 1. The molecule has 0 saturated carbocycles. The Balaban J connectivity index is 2.81. The van der Waals surface area contributed by atoms with Crippen LogP contribution in [0.3, 0.4) is 0 Å². The van der Waals surface area contributed by atoms with Crippen molar-refractivity contribution in [2.75, 3.05) is 0 Å². The van der Waals surface area contributed by atoms with Gasteiger partial charge in [-0.15, -0.1) is 0 Å². The summed E-state index contributed by atoms with van der Waals surface area (Å²) in [6.07, 6.45) is 1.06. The Morgan fingerprint density at radius 1 is 1.36 bits per heavy atom. The van der Waals surface area contributed by atoms with E-state index in [-0.39, 0.29) is 0 Å². The Kier molecular flexibility index (Phi) is 2.94. The van der Waals surface area contributed by atoms with Gasteiger partial charge in [-0.05, 0) is 24.1 Å². The minimum absolute atomic E-state index is 0.324. The van der Waals surface area contributed by atoms with Gasteiger partial charge in [0.2, 0.25) is 0 Å². The fraction of sp³-hybridized carbons (Fsp3) is 0.333. The summed E-state index contributed by atoms with van der Waals surface area (Å²) < 4.78 is 0. The van der Waals surface area contributed by atoms with Crippen LogP contribution in [0.15, 0.2) is 24.3 Å². The summed E-state index contributed by atoms with van der Waals surface area (Å²) in [7, 11) is 0. The topological polar surface area (TPSA) is 20.2 Å². The second-order valence-electron chi connectivity index (χ2n) is 2.47. The van der Waals surface area contributed by atoms with Gasteiger partial charge in [0.05, 0.1) is 0 Å². The van der Waals surface area contributed by atoms with Gasteiger partial charge in [-0.3, -0.25) is 0 Å². The lowest BCUT2D eigenvalue weighted by Crippen LogP contribution is -1.85. The van der Waals surface area contributed by atoms with E-state index in [1.165, 1.54) is 5.56 Å². The van der Waals surface area contributed by atoms with Crippen LogP contribution in [0.1, 0.15) is 23.7 Å². The largest absolute Gasteiger partial charge is 0.508 e. The highest BCUT2D eigenvalue weighted by Gasteiger charge is 2.02. The molecule has 60 valence electrons. The molecule has 2 heteroatoms. The van der Waals surface area contributed by atoms with Gasteiger partial charge in [0, 0.05) is 4.83 Å². The monoisotopic (exact) mass is 214 g/mol. The first-order valence-electron chi connectivity index (χ1n) is 3.67. The Hall–Kier alpha value is -0.500. The zero-order valence-corrected chi connectivity index (χ0v) is 8.01. The molecule has 1 unspecified atom stereocenters. The molecule has 1 aromatic rings. The predicted octanol–water partition coefficient (Wildman–Crippen LogP) is 3.24. The minimum atomic E-state index is 0.324. The van der Waals surface area contributed by atoms with Gasteiger partial charge < -0.3 is 5.11 Å². The van der Waals surface area contributed by atoms with Crippen LogP contribution in [0.4, 0.5) is 0 Å². The van der Waals surface area contributed by atoms with Gasteiger partial charge in [-0.25, -0.2) is 0 Å². The van der Waals surface area contributed by atoms with Crippen LogP contribution in [-0.4, -0.2) is 5.11 Å². The minimum Gasteiger partial charge on any atom is -0.508 e. The second kappa shape index (κ2) is 3.77. The first-order valence-corrected chi connectivity index (χ1v) is 4.58. The summed E-state index contributed by atoms with van der Waals surface area (Å²) in [5, 5.41) is 9.00. The molecule has 0 saturated heterocycles. The molecule has 0 bridgehead atoms. The average molecular weight is 215 g/mol. The van der Waals surface area contributed by atoms with Crippen LogP contribution in [0.25, 0.3) is 0 Å². The summed E-state index contributed by atoms with van der Waals surface area (Å²) in [4.78, 5) is 0.406. The van der Waals surface area contributed by atoms with Gasteiger partial charge in [-0.1, -0.05) is 35.0 Å². The Bertz CT molecular complexity index is 218. The highest BCUT2D eigenvalue weighted by atomic mass is 79.9. The van der Waals surface area contributed by atoms with Crippen molar-refractivity contribution < 1.29 is 5.11 Å². The van der Waals surface area contributed by atoms with E-state index >= 15 is 0 Å². The van der Waals surface area contributed by atoms with E-state index in [9.17, 15) is 0 Å².